The van der Waals surface area contributed by atoms with Crippen LogP contribution in [0.3, 0.4) is 0 Å². The van der Waals surface area contributed by atoms with Crippen LogP contribution in [0, 0.1) is 0 Å². The zero-order chi connectivity index (χ0) is 9.02. The van der Waals surface area contributed by atoms with Gasteiger partial charge in [-0.05, 0) is 13.8 Å². The number of alkyl halides is 2. The maximum atomic E-state index is 11.0. The standard InChI is InChI=1S/C7H10Br2O2/c1-4(2)11-7(10)5(3)6(8)9/h4,6H,3H2,1-2H3. The summed E-state index contributed by atoms with van der Waals surface area (Å²) >= 11 is 6.29. The summed E-state index contributed by atoms with van der Waals surface area (Å²) in [5.74, 6) is -0.376. The summed E-state index contributed by atoms with van der Waals surface area (Å²) in [5, 5.41) is 0. The molecule has 0 rings (SSSR count). The summed E-state index contributed by atoms with van der Waals surface area (Å²) in [6.07, 6.45) is -0.0991. The number of hydrogen-bond donors (Lipinski definition) is 0. The number of ether oxygens (including phenoxy) is 1. The van der Waals surface area contributed by atoms with Crippen LogP contribution in [-0.4, -0.2) is 15.8 Å². The van der Waals surface area contributed by atoms with Gasteiger partial charge in [-0.2, -0.15) is 0 Å². The minimum absolute atomic E-state index is 0.0991. The van der Waals surface area contributed by atoms with E-state index in [0.29, 0.717) is 5.57 Å². The van der Waals surface area contributed by atoms with Crippen molar-refractivity contribution >= 4 is 37.8 Å². The van der Waals surface area contributed by atoms with Gasteiger partial charge in [0.05, 0.1) is 11.7 Å². The van der Waals surface area contributed by atoms with Gasteiger partial charge in [-0.15, -0.1) is 0 Å². The molecule has 0 amide bonds. The fourth-order valence-corrected chi connectivity index (χ4v) is 0.753. The van der Waals surface area contributed by atoms with Crippen molar-refractivity contribution in [2.75, 3.05) is 0 Å². The van der Waals surface area contributed by atoms with Crippen LogP contribution in [0.15, 0.2) is 12.2 Å². The Kier molecular flexibility index (Phi) is 5.01. The van der Waals surface area contributed by atoms with Gasteiger partial charge in [0.2, 0.25) is 0 Å². The molecule has 0 atom stereocenters. The molecule has 0 bridgehead atoms. The molecule has 11 heavy (non-hydrogen) atoms. The van der Waals surface area contributed by atoms with Crippen molar-refractivity contribution in [3.8, 4) is 0 Å². The van der Waals surface area contributed by atoms with Crippen molar-refractivity contribution in [3.63, 3.8) is 0 Å². The third-order valence-corrected chi connectivity index (χ3v) is 1.97. The number of rotatable bonds is 3. The van der Waals surface area contributed by atoms with Gasteiger partial charge in [0.25, 0.3) is 0 Å². The van der Waals surface area contributed by atoms with Crippen molar-refractivity contribution in [1.82, 2.24) is 0 Å². The monoisotopic (exact) mass is 284 g/mol. The van der Waals surface area contributed by atoms with Gasteiger partial charge in [0.15, 0.2) is 0 Å². The van der Waals surface area contributed by atoms with E-state index in [1.165, 1.54) is 0 Å². The number of hydrogen-bond acceptors (Lipinski definition) is 2. The predicted octanol–water partition coefficient (Wildman–Crippen LogP) is 2.61. The molecule has 0 saturated carbocycles. The lowest BCUT2D eigenvalue weighted by Gasteiger charge is -2.09. The van der Waals surface area contributed by atoms with Gasteiger partial charge in [-0.25, -0.2) is 4.79 Å². The largest absolute Gasteiger partial charge is 0.460 e. The Morgan fingerprint density at radius 1 is 1.45 bits per heavy atom. The van der Waals surface area contributed by atoms with Crippen LogP contribution >= 0.6 is 31.9 Å². The second-order valence-electron chi connectivity index (χ2n) is 2.28. The van der Waals surface area contributed by atoms with E-state index in [1.807, 2.05) is 0 Å². The van der Waals surface area contributed by atoms with E-state index in [9.17, 15) is 4.79 Å². The van der Waals surface area contributed by atoms with Gasteiger partial charge >= 0.3 is 5.97 Å². The Balaban J connectivity index is 3.94. The highest BCUT2D eigenvalue weighted by molar-refractivity contribution is 9.24. The lowest BCUT2D eigenvalue weighted by Crippen LogP contribution is -2.15. The minimum Gasteiger partial charge on any atom is -0.460 e. The fourth-order valence-electron chi connectivity index (χ4n) is 0.379. The third-order valence-electron chi connectivity index (χ3n) is 0.868. The van der Waals surface area contributed by atoms with E-state index >= 15 is 0 Å². The van der Waals surface area contributed by atoms with Crippen LogP contribution in [0.2, 0.25) is 0 Å². The summed E-state index contributed by atoms with van der Waals surface area (Å²) in [6.45, 7) is 7.13. The summed E-state index contributed by atoms with van der Waals surface area (Å²) < 4.78 is 4.67. The summed E-state index contributed by atoms with van der Waals surface area (Å²) in [6, 6.07) is 0. The van der Waals surface area contributed by atoms with Crippen LogP contribution in [0.5, 0.6) is 0 Å². The molecular formula is C7H10Br2O2. The SMILES string of the molecule is C=C(C(=O)OC(C)C)C(Br)Br. The first-order valence-electron chi connectivity index (χ1n) is 3.13. The molecule has 0 aliphatic heterocycles. The Morgan fingerprint density at radius 3 is 2.18 bits per heavy atom. The zero-order valence-corrected chi connectivity index (χ0v) is 9.61. The number of halogens is 2. The van der Waals surface area contributed by atoms with Gasteiger partial charge in [0, 0.05) is 0 Å². The van der Waals surface area contributed by atoms with Crippen molar-refractivity contribution < 1.29 is 9.53 Å². The van der Waals surface area contributed by atoms with E-state index < -0.39 is 0 Å². The Bertz CT molecular complexity index is 164. The molecule has 4 heteroatoms. The van der Waals surface area contributed by atoms with Crippen LogP contribution in [0.25, 0.3) is 0 Å². The first-order valence-corrected chi connectivity index (χ1v) is 4.96. The molecule has 64 valence electrons. The summed E-state index contributed by atoms with van der Waals surface area (Å²) in [4.78, 5) is 11.0. The zero-order valence-electron chi connectivity index (χ0n) is 6.43. The van der Waals surface area contributed by atoms with E-state index in [2.05, 4.69) is 38.4 Å². The predicted molar refractivity (Wildman–Crippen MR) is 52.0 cm³/mol. The second kappa shape index (κ2) is 4.93. The van der Waals surface area contributed by atoms with E-state index in [-0.39, 0.29) is 15.8 Å². The lowest BCUT2D eigenvalue weighted by atomic mass is 10.3. The highest BCUT2D eigenvalue weighted by Gasteiger charge is 2.15. The van der Waals surface area contributed by atoms with Crippen molar-refractivity contribution in [1.29, 1.82) is 0 Å². The molecule has 0 aromatic heterocycles. The molecule has 0 fully saturated rings. The molecule has 0 heterocycles. The molecule has 0 spiro atoms. The van der Waals surface area contributed by atoms with E-state index in [0.717, 1.165) is 0 Å². The smallest absolute Gasteiger partial charge is 0.335 e. The Labute approximate surface area is 83.2 Å². The summed E-state index contributed by atoms with van der Waals surface area (Å²) in [7, 11) is 0. The Hall–Kier alpha value is 0.170. The topological polar surface area (TPSA) is 26.3 Å². The maximum absolute atomic E-state index is 11.0. The van der Waals surface area contributed by atoms with Crippen LogP contribution in [-0.2, 0) is 9.53 Å². The van der Waals surface area contributed by atoms with Gasteiger partial charge in [-0.3, -0.25) is 0 Å². The maximum Gasteiger partial charge on any atom is 0.335 e. The molecule has 0 unspecified atom stereocenters. The number of carbonyl (C=O) groups is 1. The molecule has 0 aromatic rings. The Morgan fingerprint density at radius 2 is 1.91 bits per heavy atom. The van der Waals surface area contributed by atoms with Crippen molar-refractivity contribution in [2.24, 2.45) is 0 Å². The normalized spacial score (nSPS) is 10.4. The second-order valence-corrected chi connectivity index (χ2v) is 5.34. The molecule has 0 aliphatic carbocycles. The molecule has 0 radical (unpaired) electrons. The average Bonchev–Trinajstić information content (AvgIpc) is 1.84. The molecular weight excluding hydrogens is 276 g/mol. The van der Waals surface area contributed by atoms with Crippen molar-refractivity contribution in [3.05, 3.63) is 12.2 Å². The molecule has 0 saturated heterocycles. The first-order chi connectivity index (χ1) is 4.95. The third kappa shape index (κ3) is 4.58. The van der Waals surface area contributed by atoms with Gasteiger partial charge in [0.1, 0.15) is 3.74 Å². The van der Waals surface area contributed by atoms with Gasteiger partial charge in [-0.1, -0.05) is 38.4 Å². The summed E-state index contributed by atoms with van der Waals surface area (Å²) in [5.41, 5.74) is 0.374. The van der Waals surface area contributed by atoms with Crippen LogP contribution < -0.4 is 0 Å². The van der Waals surface area contributed by atoms with Gasteiger partial charge < -0.3 is 4.74 Å². The van der Waals surface area contributed by atoms with Crippen LogP contribution in [0.4, 0.5) is 0 Å². The molecule has 2 nitrogen and oxygen atoms in total. The lowest BCUT2D eigenvalue weighted by molar-refractivity contribution is -0.142. The average molecular weight is 286 g/mol. The van der Waals surface area contributed by atoms with E-state index in [4.69, 9.17) is 4.74 Å². The fraction of sp³-hybridized carbons (Fsp3) is 0.571. The number of esters is 1. The molecule has 0 aromatic carbocycles. The minimum atomic E-state index is -0.376. The quantitative estimate of drug-likeness (QED) is 0.453. The van der Waals surface area contributed by atoms with Crippen molar-refractivity contribution in [2.45, 2.75) is 23.7 Å². The van der Waals surface area contributed by atoms with Crippen LogP contribution in [0.1, 0.15) is 13.8 Å². The van der Waals surface area contributed by atoms with E-state index in [1.54, 1.807) is 13.8 Å². The number of carbonyl (C=O) groups excluding carboxylic acids is 1. The molecule has 0 aliphatic rings. The molecule has 0 N–H and O–H groups in total. The highest BCUT2D eigenvalue weighted by Crippen LogP contribution is 2.18. The first kappa shape index (κ1) is 11.2. The highest BCUT2D eigenvalue weighted by atomic mass is 79.9.